The number of fused-ring (bicyclic) bond motifs is 3. The maximum atomic E-state index is 13.2. The third-order valence-corrected chi connectivity index (χ3v) is 5.84. The summed E-state index contributed by atoms with van der Waals surface area (Å²) in [6, 6.07) is 15.3. The summed E-state index contributed by atoms with van der Waals surface area (Å²) in [5, 5.41) is 14.4. The summed E-state index contributed by atoms with van der Waals surface area (Å²) in [5.41, 5.74) is 5.88. The number of aromatic nitrogens is 1. The molecule has 0 bridgehead atoms. The highest BCUT2D eigenvalue weighted by molar-refractivity contribution is 6.04. The zero-order chi connectivity index (χ0) is 19.5. The van der Waals surface area contributed by atoms with Gasteiger partial charge in [-0.15, -0.1) is 0 Å². The molecule has 140 valence electrons. The van der Waals surface area contributed by atoms with E-state index in [1.54, 1.807) is 18.3 Å². The number of aromatic hydroxyl groups is 1. The molecule has 2 aliphatic rings. The maximum absolute atomic E-state index is 13.2. The van der Waals surface area contributed by atoms with Gasteiger partial charge in [-0.05, 0) is 53.3 Å². The Bertz CT molecular complexity index is 1140. The summed E-state index contributed by atoms with van der Waals surface area (Å²) >= 11 is 0. The average molecular weight is 370 g/mol. The molecule has 2 N–H and O–H groups in total. The van der Waals surface area contributed by atoms with Crippen LogP contribution >= 0.6 is 0 Å². The van der Waals surface area contributed by atoms with Gasteiger partial charge in [0.05, 0.1) is 11.2 Å². The Labute approximate surface area is 163 Å². The standard InChI is InChI=1S/C24H22N2O2/c1-24(2)12-19-22(20(28)13-24)21(14-5-7-15(27)8-6-14)17-9-10-18-16(23(17)26-19)4-3-11-25-18/h3-11,21,26-27H,12-13H2,1-2H3. The number of phenols is 1. The molecule has 0 saturated heterocycles. The Hall–Kier alpha value is -3.14. The van der Waals surface area contributed by atoms with Gasteiger partial charge in [0.25, 0.3) is 0 Å². The van der Waals surface area contributed by atoms with Crippen molar-refractivity contribution in [1.29, 1.82) is 0 Å². The summed E-state index contributed by atoms with van der Waals surface area (Å²) in [5.74, 6) is 0.291. The van der Waals surface area contributed by atoms with Gasteiger partial charge in [-0.3, -0.25) is 9.78 Å². The van der Waals surface area contributed by atoms with E-state index in [4.69, 9.17) is 0 Å². The van der Waals surface area contributed by atoms with Gasteiger partial charge in [-0.2, -0.15) is 0 Å². The number of nitrogens with zero attached hydrogens (tertiary/aromatic N) is 1. The molecule has 2 aromatic carbocycles. The van der Waals surface area contributed by atoms with Crippen LogP contribution in [0.5, 0.6) is 5.75 Å². The number of hydrogen-bond donors (Lipinski definition) is 2. The molecule has 0 radical (unpaired) electrons. The lowest BCUT2D eigenvalue weighted by atomic mass is 9.68. The van der Waals surface area contributed by atoms with E-state index in [0.717, 1.165) is 45.4 Å². The Morgan fingerprint density at radius 1 is 1.07 bits per heavy atom. The van der Waals surface area contributed by atoms with Crippen molar-refractivity contribution in [2.75, 3.05) is 5.32 Å². The summed E-state index contributed by atoms with van der Waals surface area (Å²) < 4.78 is 0. The fourth-order valence-corrected chi connectivity index (χ4v) is 4.65. The van der Waals surface area contributed by atoms with Crippen LogP contribution in [0.25, 0.3) is 10.9 Å². The van der Waals surface area contributed by atoms with Crippen molar-refractivity contribution in [2.45, 2.75) is 32.6 Å². The van der Waals surface area contributed by atoms with Crippen molar-refractivity contribution in [3.63, 3.8) is 0 Å². The lowest BCUT2D eigenvalue weighted by Crippen LogP contribution is -2.33. The number of phenolic OH excluding ortho intramolecular Hbond substituents is 1. The van der Waals surface area contributed by atoms with Crippen LogP contribution in [0.2, 0.25) is 0 Å². The minimum absolute atomic E-state index is 0.0667. The van der Waals surface area contributed by atoms with Gasteiger partial charge in [-0.25, -0.2) is 0 Å². The number of Topliss-reactive ketones (excluding diaryl/α,β-unsaturated/α-hetero) is 1. The number of rotatable bonds is 1. The number of hydrogen-bond acceptors (Lipinski definition) is 4. The second-order valence-electron chi connectivity index (χ2n) is 8.58. The first-order chi connectivity index (χ1) is 13.4. The van der Waals surface area contributed by atoms with E-state index < -0.39 is 0 Å². The third-order valence-electron chi connectivity index (χ3n) is 5.84. The molecule has 0 spiro atoms. The maximum Gasteiger partial charge on any atom is 0.162 e. The lowest BCUT2D eigenvalue weighted by Gasteiger charge is -2.39. The fraction of sp³-hybridized carbons (Fsp3) is 0.250. The largest absolute Gasteiger partial charge is 0.508 e. The summed E-state index contributed by atoms with van der Waals surface area (Å²) in [4.78, 5) is 17.7. The van der Waals surface area contributed by atoms with E-state index in [2.05, 4.69) is 36.3 Å². The molecule has 3 aromatic rings. The SMILES string of the molecule is CC1(C)CC(=O)C2=C(C1)Nc1c(ccc3ncccc13)C2c1ccc(O)cc1. The molecule has 1 aliphatic heterocycles. The number of pyridine rings is 1. The molecular formula is C24H22N2O2. The first-order valence-electron chi connectivity index (χ1n) is 9.63. The molecule has 1 aliphatic carbocycles. The monoisotopic (exact) mass is 370 g/mol. The van der Waals surface area contributed by atoms with Crippen molar-refractivity contribution in [1.82, 2.24) is 4.98 Å². The third kappa shape index (κ3) is 2.60. The van der Waals surface area contributed by atoms with Crippen LogP contribution in [-0.2, 0) is 4.79 Å². The van der Waals surface area contributed by atoms with E-state index >= 15 is 0 Å². The van der Waals surface area contributed by atoms with Crippen LogP contribution < -0.4 is 5.32 Å². The topological polar surface area (TPSA) is 62.2 Å². The second-order valence-corrected chi connectivity index (χ2v) is 8.58. The van der Waals surface area contributed by atoms with Gasteiger partial charge in [-0.1, -0.05) is 32.0 Å². The Morgan fingerprint density at radius 3 is 2.64 bits per heavy atom. The van der Waals surface area contributed by atoms with Crippen molar-refractivity contribution in [3.8, 4) is 5.75 Å². The quantitative estimate of drug-likeness (QED) is 0.622. The lowest BCUT2D eigenvalue weighted by molar-refractivity contribution is -0.118. The van der Waals surface area contributed by atoms with Crippen LogP contribution in [0.4, 0.5) is 5.69 Å². The number of benzene rings is 2. The van der Waals surface area contributed by atoms with Crippen molar-refractivity contribution >= 4 is 22.4 Å². The summed E-state index contributed by atoms with van der Waals surface area (Å²) in [6.45, 7) is 4.29. The van der Waals surface area contributed by atoms with Gasteiger partial charge in [0.2, 0.25) is 0 Å². The van der Waals surface area contributed by atoms with E-state index in [0.29, 0.717) is 6.42 Å². The first kappa shape index (κ1) is 17.0. The van der Waals surface area contributed by atoms with Gasteiger partial charge < -0.3 is 10.4 Å². The normalized spacial score (nSPS) is 20.5. The van der Waals surface area contributed by atoms with E-state index in [-0.39, 0.29) is 22.9 Å². The van der Waals surface area contributed by atoms with E-state index in [1.165, 1.54) is 0 Å². The minimum atomic E-state index is -0.139. The predicted molar refractivity (Wildman–Crippen MR) is 110 cm³/mol. The molecule has 4 heteroatoms. The number of carbonyl (C=O) groups excluding carboxylic acids is 1. The highest BCUT2D eigenvalue weighted by Gasteiger charge is 2.40. The van der Waals surface area contributed by atoms with Crippen molar-refractivity contribution in [3.05, 3.63) is 77.1 Å². The van der Waals surface area contributed by atoms with Crippen LogP contribution in [0.3, 0.4) is 0 Å². The molecule has 1 unspecified atom stereocenters. The van der Waals surface area contributed by atoms with Crippen LogP contribution in [0.1, 0.15) is 43.7 Å². The zero-order valence-corrected chi connectivity index (χ0v) is 16.0. The average Bonchev–Trinajstić information content (AvgIpc) is 2.66. The molecule has 5 rings (SSSR count). The summed E-state index contributed by atoms with van der Waals surface area (Å²) in [6.07, 6.45) is 3.18. The Morgan fingerprint density at radius 2 is 1.86 bits per heavy atom. The number of nitrogens with one attached hydrogen (secondary N) is 1. The van der Waals surface area contributed by atoms with E-state index in [1.807, 2.05) is 24.3 Å². The molecule has 2 heterocycles. The molecule has 28 heavy (non-hydrogen) atoms. The molecule has 1 aromatic heterocycles. The number of ketones is 1. The summed E-state index contributed by atoms with van der Waals surface area (Å²) in [7, 11) is 0. The predicted octanol–water partition coefficient (Wildman–Crippen LogP) is 5.14. The molecule has 1 atom stereocenters. The highest BCUT2D eigenvalue weighted by atomic mass is 16.3. The number of allylic oxidation sites excluding steroid dienone is 2. The molecule has 4 nitrogen and oxygen atoms in total. The van der Waals surface area contributed by atoms with Gasteiger partial charge in [0.1, 0.15) is 5.75 Å². The number of carbonyl (C=O) groups is 1. The zero-order valence-electron chi connectivity index (χ0n) is 16.0. The van der Waals surface area contributed by atoms with Crippen molar-refractivity contribution in [2.24, 2.45) is 5.41 Å². The van der Waals surface area contributed by atoms with Gasteiger partial charge in [0.15, 0.2) is 5.78 Å². The Balaban J connectivity index is 1.79. The van der Waals surface area contributed by atoms with Crippen molar-refractivity contribution < 1.29 is 9.90 Å². The highest BCUT2D eigenvalue weighted by Crippen LogP contribution is 2.50. The molecule has 0 amide bonds. The van der Waals surface area contributed by atoms with Gasteiger partial charge in [0, 0.05) is 35.2 Å². The first-order valence-corrected chi connectivity index (χ1v) is 9.63. The molecule has 0 saturated carbocycles. The van der Waals surface area contributed by atoms with E-state index in [9.17, 15) is 9.90 Å². The number of anilines is 1. The smallest absolute Gasteiger partial charge is 0.162 e. The Kier molecular flexibility index (Phi) is 3.60. The molecule has 0 fully saturated rings. The van der Waals surface area contributed by atoms with Gasteiger partial charge >= 0.3 is 0 Å². The fourth-order valence-electron chi connectivity index (χ4n) is 4.65. The van der Waals surface area contributed by atoms with Crippen LogP contribution in [0.15, 0.2) is 66.0 Å². The van der Waals surface area contributed by atoms with Crippen LogP contribution in [0, 0.1) is 5.41 Å². The second kappa shape index (κ2) is 5.93. The van der Waals surface area contributed by atoms with Crippen LogP contribution in [-0.4, -0.2) is 15.9 Å². The molecular weight excluding hydrogens is 348 g/mol. The minimum Gasteiger partial charge on any atom is -0.508 e.